The van der Waals surface area contributed by atoms with Crippen LogP contribution in [0.25, 0.3) is 0 Å². The lowest BCUT2D eigenvalue weighted by Crippen LogP contribution is -1.95. The largest absolute Gasteiger partial charge is 0.398 e. The molecule has 0 bridgehead atoms. The monoisotopic (exact) mass is 174 g/mol. The van der Waals surface area contributed by atoms with Crippen molar-refractivity contribution in [2.24, 2.45) is 0 Å². The molecule has 1 heterocycles. The Morgan fingerprint density at radius 3 is 3.00 bits per heavy atom. The maximum absolute atomic E-state index is 5.75. The van der Waals surface area contributed by atoms with Gasteiger partial charge in [-0.2, -0.15) is 0 Å². The van der Waals surface area contributed by atoms with E-state index in [1.54, 1.807) is 6.20 Å². The van der Waals surface area contributed by atoms with E-state index < -0.39 is 0 Å². The summed E-state index contributed by atoms with van der Waals surface area (Å²) in [5.41, 5.74) is 7.71. The molecule has 1 aromatic heterocycles. The van der Waals surface area contributed by atoms with Gasteiger partial charge in [0.15, 0.2) is 0 Å². The zero-order valence-electron chi connectivity index (χ0n) is 7.66. The van der Waals surface area contributed by atoms with Crippen LogP contribution in [-0.2, 0) is 6.42 Å². The number of nitrogens with zero attached hydrogens (tertiary/aromatic N) is 1. The highest BCUT2D eigenvalue weighted by atomic mass is 14.7. The van der Waals surface area contributed by atoms with E-state index >= 15 is 0 Å². The first kappa shape index (κ1) is 9.60. The Kier molecular flexibility index (Phi) is 3.84. The van der Waals surface area contributed by atoms with Gasteiger partial charge < -0.3 is 5.73 Å². The molecule has 0 amide bonds. The number of hydrogen-bond acceptors (Lipinski definition) is 2. The lowest BCUT2D eigenvalue weighted by molar-refractivity contribution is 0.756. The molecular formula is C11H14N2. The third-order valence-electron chi connectivity index (χ3n) is 1.96. The van der Waals surface area contributed by atoms with Gasteiger partial charge in [-0.1, -0.05) is 0 Å². The third-order valence-corrected chi connectivity index (χ3v) is 1.96. The molecule has 1 aromatic rings. The summed E-state index contributed by atoms with van der Waals surface area (Å²) in [6.45, 7) is 0. The van der Waals surface area contributed by atoms with Gasteiger partial charge in [-0.25, -0.2) is 0 Å². The van der Waals surface area contributed by atoms with E-state index in [0.29, 0.717) is 0 Å². The van der Waals surface area contributed by atoms with E-state index in [-0.39, 0.29) is 0 Å². The number of rotatable bonds is 4. The first-order valence-corrected chi connectivity index (χ1v) is 4.46. The van der Waals surface area contributed by atoms with Gasteiger partial charge >= 0.3 is 0 Å². The molecule has 0 saturated carbocycles. The van der Waals surface area contributed by atoms with E-state index in [9.17, 15) is 0 Å². The Balaban J connectivity index is 2.37. The zero-order chi connectivity index (χ0) is 9.52. The quantitative estimate of drug-likeness (QED) is 0.560. The average Bonchev–Trinajstić information content (AvgIpc) is 2.15. The van der Waals surface area contributed by atoms with Crippen LogP contribution < -0.4 is 5.73 Å². The minimum absolute atomic E-state index is 0.829. The Morgan fingerprint density at radius 2 is 2.31 bits per heavy atom. The fourth-order valence-electron chi connectivity index (χ4n) is 1.19. The van der Waals surface area contributed by atoms with Gasteiger partial charge in [-0.3, -0.25) is 4.98 Å². The molecule has 0 fully saturated rings. The van der Waals surface area contributed by atoms with Crippen LogP contribution in [0.15, 0.2) is 18.5 Å². The SMILES string of the molecule is C#CCCCCc1cnccc1N. The summed E-state index contributed by atoms with van der Waals surface area (Å²) in [7, 11) is 0. The predicted octanol–water partition coefficient (Wildman–Crippen LogP) is 2.01. The number of unbranched alkanes of at least 4 members (excludes halogenated alkanes) is 2. The molecule has 68 valence electrons. The van der Waals surface area contributed by atoms with E-state index in [1.807, 2.05) is 12.3 Å². The van der Waals surface area contributed by atoms with E-state index in [2.05, 4.69) is 10.9 Å². The number of aryl methyl sites for hydroxylation is 1. The summed E-state index contributed by atoms with van der Waals surface area (Å²) < 4.78 is 0. The molecule has 2 nitrogen and oxygen atoms in total. The van der Waals surface area contributed by atoms with Crippen molar-refractivity contribution in [2.75, 3.05) is 5.73 Å². The number of nitrogens with two attached hydrogens (primary N) is 1. The topological polar surface area (TPSA) is 38.9 Å². The minimum atomic E-state index is 0.829. The number of aromatic nitrogens is 1. The Bertz CT molecular complexity index is 299. The molecule has 0 aliphatic heterocycles. The van der Waals surface area contributed by atoms with Crippen LogP contribution in [0.2, 0.25) is 0 Å². The highest BCUT2D eigenvalue weighted by Gasteiger charge is 1.97. The molecule has 13 heavy (non-hydrogen) atoms. The van der Waals surface area contributed by atoms with Gasteiger partial charge in [0.25, 0.3) is 0 Å². The van der Waals surface area contributed by atoms with Gasteiger partial charge in [-0.05, 0) is 30.9 Å². The maximum atomic E-state index is 5.75. The fourth-order valence-corrected chi connectivity index (χ4v) is 1.19. The van der Waals surface area contributed by atoms with Crippen molar-refractivity contribution in [3.63, 3.8) is 0 Å². The van der Waals surface area contributed by atoms with Crippen LogP contribution in [0.3, 0.4) is 0 Å². The van der Waals surface area contributed by atoms with Crippen molar-refractivity contribution < 1.29 is 0 Å². The second-order valence-corrected chi connectivity index (χ2v) is 2.99. The molecule has 0 aliphatic rings. The molecule has 2 heteroatoms. The summed E-state index contributed by atoms with van der Waals surface area (Å²) in [6.07, 6.45) is 12.6. The average molecular weight is 174 g/mol. The van der Waals surface area contributed by atoms with Crippen molar-refractivity contribution in [2.45, 2.75) is 25.7 Å². The van der Waals surface area contributed by atoms with E-state index in [4.69, 9.17) is 12.2 Å². The van der Waals surface area contributed by atoms with Gasteiger partial charge in [0.1, 0.15) is 0 Å². The van der Waals surface area contributed by atoms with Crippen LogP contribution in [0.5, 0.6) is 0 Å². The molecule has 2 N–H and O–H groups in total. The number of anilines is 1. The molecule has 0 atom stereocenters. The molecule has 1 rings (SSSR count). The molecular weight excluding hydrogens is 160 g/mol. The zero-order valence-corrected chi connectivity index (χ0v) is 7.66. The molecule has 0 spiro atoms. The lowest BCUT2D eigenvalue weighted by atomic mass is 10.1. The Morgan fingerprint density at radius 1 is 1.46 bits per heavy atom. The van der Waals surface area contributed by atoms with E-state index in [1.165, 1.54) is 0 Å². The number of nitrogen functional groups attached to an aromatic ring is 1. The van der Waals surface area contributed by atoms with Crippen LogP contribution >= 0.6 is 0 Å². The highest BCUT2D eigenvalue weighted by Crippen LogP contribution is 2.12. The van der Waals surface area contributed by atoms with Crippen LogP contribution in [0.1, 0.15) is 24.8 Å². The second-order valence-electron chi connectivity index (χ2n) is 2.99. The van der Waals surface area contributed by atoms with E-state index in [0.717, 1.165) is 36.9 Å². The van der Waals surface area contributed by atoms with Gasteiger partial charge in [-0.15, -0.1) is 12.3 Å². The molecule has 0 saturated heterocycles. The van der Waals surface area contributed by atoms with Gasteiger partial charge in [0.05, 0.1) is 0 Å². The third kappa shape index (κ3) is 3.16. The standard InChI is InChI=1S/C11H14N2/c1-2-3-4-5-6-10-9-13-8-7-11(10)12/h1,7-9H,3-6H2,(H2,12,13). The maximum Gasteiger partial charge on any atom is 0.0377 e. The van der Waals surface area contributed by atoms with Crippen LogP contribution in [0.4, 0.5) is 5.69 Å². The van der Waals surface area contributed by atoms with Gasteiger partial charge in [0.2, 0.25) is 0 Å². The summed E-state index contributed by atoms with van der Waals surface area (Å²) in [6, 6.07) is 1.83. The molecule has 0 aliphatic carbocycles. The lowest BCUT2D eigenvalue weighted by Gasteiger charge is -2.02. The smallest absolute Gasteiger partial charge is 0.0377 e. The van der Waals surface area contributed by atoms with Crippen molar-refractivity contribution >= 4 is 5.69 Å². The Hall–Kier alpha value is -1.49. The summed E-state index contributed by atoms with van der Waals surface area (Å²) in [5, 5.41) is 0. The van der Waals surface area contributed by atoms with Gasteiger partial charge in [0, 0.05) is 24.5 Å². The summed E-state index contributed by atoms with van der Waals surface area (Å²) in [4.78, 5) is 4.02. The second kappa shape index (κ2) is 5.21. The highest BCUT2D eigenvalue weighted by molar-refractivity contribution is 5.44. The summed E-state index contributed by atoms with van der Waals surface area (Å²) >= 11 is 0. The Labute approximate surface area is 79.2 Å². The number of hydrogen-bond donors (Lipinski definition) is 1. The fraction of sp³-hybridized carbons (Fsp3) is 0.364. The molecule has 0 unspecified atom stereocenters. The van der Waals surface area contributed by atoms with Crippen molar-refractivity contribution in [3.05, 3.63) is 24.0 Å². The number of terminal acetylenes is 1. The van der Waals surface area contributed by atoms with Crippen LogP contribution in [-0.4, -0.2) is 4.98 Å². The van der Waals surface area contributed by atoms with Crippen molar-refractivity contribution in [3.8, 4) is 12.3 Å². The first-order valence-electron chi connectivity index (χ1n) is 4.46. The minimum Gasteiger partial charge on any atom is -0.398 e. The summed E-state index contributed by atoms with van der Waals surface area (Å²) in [5.74, 6) is 2.62. The predicted molar refractivity (Wildman–Crippen MR) is 55.0 cm³/mol. The van der Waals surface area contributed by atoms with Crippen LogP contribution in [0, 0.1) is 12.3 Å². The normalized spacial score (nSPS) is 9.46. The molecule has 0 radical (unpaired) electrons. The van der Waals surface area contributed by atoms with Crippen molar-refractivity contribution in [1.82, 2.24) is 4.98 Å². The van der Waals surface area contributed by atoms with Crippen molar-refractivity contribution in [1.29, 1.82) is 0 Å². The number of pyridine rings is 1. The molecule has 0 aromatic carbocycles. The first-order chi connectivity index (χ1) is 6.34.